The number of halogens is 2. The highest BCUT2D eigenvalue weighted by atomic mass is 35.5. The van der Waals surface area contributed by atoms with E-state index in [1.165, 1.54) is 0 Å². The van der Waals surface area contributed by atoms with Gasteiger partial charge < -0.3 is 9.72 Å². The van der Waals surface area contributed by atoms with Crippen LogP contribution in [0.5, 0.6) is 5.75 Å². The van der Waals surface area contributed by atoms with Crippen molar-refractivity contribution < 1.29 is 9.53 Å². The Morgan fingerprint density at radius 1 is 1.36 bits per heavy atom. The van der Waals surface area contributed by atoms with Gasteiger partial charge in [0.05, 0.1) is 23.5 Å². The van der Waals surface area contributed by atoms with E-state index in [1.807, 2.05) is 12.1 Å². The lowest BCUT2D eigenvalue weighted by Crippen LogP contribution is -2.18. The fraction of sp³-hybridized carbons (Fsp3) is 0.200. The third-order valence-electron chi connectivity index (χ3n) is 2.71. The molecular formula is C15H15Cl2N3O2. The van der Waals surface area contributed by atoms with E-state index in [0.717, 1.165) is 5.69 Å². The average molecular weight is 340 g/mol. The first-order chi connectivity index (χ1) is 10.6. The molecule has 116 valence electrons. The van der Waals surface area contributed by atoms with Crippen molar-refractivity contribution in [3.05, 3.63) is 52.3 Å². The maximum atomic E-state index is 11.6. The zero-order valence-corrected chi connectivity index (χ0v) is 13.2. The zero-order chi connectivity index (χ0) is 15.8. The summed E-state index contributed by atoms with van der Waals surface area (Å²) in [4.78, 5) is 14.5. The van der Waals surface area contributed by atoms with E-state index in [1.54, 1.807) is 30.6 Å². The molecule has 5 nitrogen and oxygen atoms in total. The van der Waals surface area contributed by atoms with Crippen LogP contribution in [0.2, 0.25) is 10.0 Å². The quantitative estimate of drug-likeness (QED) is 0.459. The van der Waals surface area contributed by atoms with Gasteiger partial charge in [0.15, 0.2) is 0 Å². The van der Waals surface area contributed by atoms with Gasteiger partial charge in [0, 0.05) is 17.6 Å². The normalized spacial score (nSPS) is 10.8. The summed E-state index contributed by atoms with van der Waals surface area (Å²) in [5, 5.41) is 4.85. The number of hydrogen-bond donors (Lipinski definition) is 2. The lowest BCUT2D eigenvalue weighted by molar-refractivity contribution is -0.121. The number of hydrazone groups is 1. The zero-order valence-electron chi connectivity index (χ0n) is 11.7. The van der Waals surface area contributed by atoms with Crippen LogP contribution in [0.3, 0.4) is 0 Å². The fourth-order valence-corrected chi connectivity index (χ4v) is 2.12. The van der Waals surface area contributed by atoms with E-state index in [0.29, 0.717) is 35.2 Å². The molecule has 0 fully saturated rings. The lowest BCUT2D eigenvalue weighted by atomic mass is 10.3. The van der Waals surface area contributed by atoms with Crippen LogP contribution in [0.15, 0.2) is 41.6 Å². The monoisotopic (exact) mass is 339 g/mol. The van der Waals surface area contributed by atoms with Crippen LogP contribution in [-0.2, 0) is 4.79 Å². The number of carbonyl (C=O) groups is 1. The summed E-state index contributed by atoms with van der Waals surface area (Å²) in [6.45, 7) is 0.384. The highest BCUT2D eigenvalue weighted by Crippen LogP contribution is 2.27. The number of nitrogens with zero attached hydrogens (tertiary/aromatic N) is 1. The number of nitrogens with one attached hydrogen (secondary N) is 2. The van der Waals surface area contributed by atoms with Crippen LogP contribution in [-0.4, -0.2) is 23.7 Å². The Hall–Kier alpha value is -1.98. The maximum Gasteiger partial charge on any atom is 0.240 e. The molecule has 0 radical (unpaired) electrons. The van der Waals surface area contributed by atoms with Gasteiger partial charge in [-0.15, -0.1) is 0 Å². The third kappa shape index (κ3) is 5.42. The Labute approximate surface area is 138 Å². The van der Waals surface area contributed by atoms with Gasteiger partial charge in [0.2, 0.25) is 5.91 Å². The summed E-state index contributed by atoms with van der Waals surface area (Å²) in [6.07, 6.45) is 4.19. The van der Waals surface area contributed by atoms with Crippen molar-refractivity contribution >= 4 is 35.3 Å². The van der Waals surface area contributed by atoms with Crippen LogP contribution in [0, 0.1) is 0 Å². The minimum atomic E-state index is -0.173. The molecule has 0 saturated carbocycles. The van der Waals surface area contributed by atoms with Gasteiger partial charge in [0.25, 0.3) is 0 Å². The maximum absolute atomic E-state index is 11.6. The predicted octanol–water partition coefficient (Wildman–Crippen LogP) is 3.63. The van der Waals surface area contributed by atoms with Gasteiger partial charge in [-0.05, 0) is 36.8 Å². The summed E-state index contributed by atoms with van der Waals surface area (Å²) in [5.41, 5.74) is 3.27. The molecule has 0 aliphatic carbocycles. The molecule has 0 saturated heterocycles. The van der Waals surface area contributed by atoms with E-state index in [9.17, 15) is 4.79 Å². The van der Waals surface area contributed by atoms with E-state index in [-0.39, 0.29) is 5.91 Å². The van der Waals surface area contributed by atoms with Gasteiger partial charge in [0.1, 0.15) is 5.75 Å². The number of aromatic nitrogens is 1. The highest BCUT2D eigenvalue weighted by molar-refractivity contribution is 6.35. The Bertz CT molecular complexity index is 642. The van der Waals surface area contributed by atoms with Gasteiger partial charge in [-0.1, -0.05) is 23.2 Å². The second-order valence-corrected chi connectivity index (χ2v) is 5.29. The van der Waals surface area contributed by atoms with Gasteiger partial charge >= 0.3 is 0 Å². The van der Waals surface area contributed by atoms with Gasteiger partial charge in [-0.2, -0.15) is 5.10 Å². The molecule has 1 aromatic heterocycles. The minimum absolute atomic E-state index is 0.173. The summed E-state index contributed by atoms with van der Waals surface area (Å²) < 4.78 is 5.49. The van der Waals surface area contributed by atoms with Gasteiger partial charge in [-0.25, -0.2) is 5.43 Å². The highest BCUT2D eigenvalue weighted by Gasteiger charge is 2.04. The van der Waals surface area contributed by atoms with Crippen LogP contribution in [0.4, 0.5) is 0 Å². The first-order valence-corrected chi connectivity index (χ1v) is 7.44. The van der Waals surface area contributed by atoms with Crippen molar-refractivity contribution in [1.29, 1.82) is 0 Å². The van der Waals surface area contributed by atoms with Crippen LogP contribution >= 0.6 is 23.2 Å². The smallest absolute Gasteiger partial charge is 0.240 e. The molecule has 1 amide bonds. The molecule has 0 aliphatic heterocycles. The van der Waals surface area contributed by atoms with Crippen LogP contribution < -0.4 is 10.2 Å². The molecule has 2 rings (SSSR count). The van der Waals surface area contributed by atoms with Crippen molar-refractivity contribution in [3.63, 3.8) is 0 Å². The number of aromatic amines is 1. The molecule has 0 bridgehead atoms. The Morgan fingerprint density at radius 2 is 2.23 bits per heavy atom. The second-order valence-electron chi connectivity index (χ2n) is 4.45. The molecule has 1 aromatic carbocycles. The molecule has 0 spiro atoms. The standard InChI is InChI=1S/C15H15Cl2N3O2/c16-11-5-6-14(13(17)9-11)22-8-2-4-15(21)20-19-10-12-3-1-7-18-12/h1,3,5-7,9-10,18H,2,4,8H2,(H,20,21)/b19-10-. The summed E-state index contributed by atoms with van der Waals surface area (Å²) >= 11 is 11.8. The fourth-order valence-electron chi connectivity index (χ4n) is 1.66. The number of rotatable bonds is 7. The van der Waals surface area contributed by atoms with Crippen LogP contribution in [0.25, 0.3) is 0 Å². The summed E-state index contributed by atoms with van der Waals surface area (Å²) in [7, 11) is 0. The van der Waals surface area contributed by atoms with Crippen molar-refractivity contribution in [2.75, 3.05) is 6.61 Å². The predicted molar refractivity (Wildman–Crippen MR) is 87.7 cm³/mol. The number of amides is 1. The second kappa shape index (κ2) is 8.46. The average Bonchev–Trinajstić information content (AvgIpc) is 2.99. The Kier molecular flexibility index (Phi) is 6.30. The minimum Gasteiger partial charge on any atom is -0.492 e. The number of ether oxygens (including phenoxy) is 1. The molecule has 0 unspecified atom stereocenters. The van der Waals surface area contributed by atoms with E-state index >= 15 is 0 Å². The number of benzene rings is 1. The van der Waals surface area contributed by atoms with Crippen molar-refractivity contribution in [2.45, 2.75) is 12.8 Å². The van der Waals surface area contributed by atoms with Crippen molar-refractivity contribution in [2.24, 2.45) is 5.10 Å². The van der Waals surface area contributed by atoms with E-state index in [2.05, 4.69) is 15.5 Å². The van der Waals surface area contributed by atoms with Crippen LogP contribution in [0.1, 0.15) is 18.5 Å². The molecule has 0 aliphatic rings. The number of H-pyrrole nitrogens is 1. The third-order valence-corrected chi connectivity index (χ3v) is 3.25. The molecule has 2 N–H and O–H groups in total. The largest absolute Gasteiger partial charge is 0.492 e. The molecule has 0 atom stereocenters. The summed E-state index contributed by atoms with van der Waals surface area (Å²) in [5.74, 6) is 0.379. The van der Waals surface area contributed by atoms with Gasteiger partial charge in [-0.3, -0.25) is 4.79 Å². The first kappa shape index (κ1) is 16.4. The van der Waals surface area contributed by atoms with Crippen molar-refractivity contribution in [1.82, 2.24) is 10.4 Å². The molecule has 2 aromatic rings. The number of hydrogen-bond acceptors (Lipinski definition) is 3. The summed E-state index contributed by atoms with van der Waals surface area (Å²) in [6, 6.07) is 8.71. The Morgan fingerprint density at radius 3 is 2.95 bits per heavy atom. The number of carbonyl (C=O) groups excluding carboxylic acids is 1. The molecular weight excluding hydrogens is 325 g/mol. The SMILES string of the molecule is O=C(CCCOc1ccc(Cl)cc1Cl)N/N=C\c1ccc[nH]1. The van der Waals surface area contributed by atoms with E-state index < -0.39 is 0 Å². The Balaban J connectivity index is 1.64. The lowest BCUT2D eigenvalue weighted by Gasteiger charge is -2.07. The van der Waals surface area contributed by atoms with E-state index in [4.69, 9.17) is 27.9 Å². The first-order valence-electron chi connectivity index (χ1n) is 6.68. The molecule has 1 heterocycles. The topological polar surface area (TPSA) is 66.5 Å². The molecule has 22 heavy (non-hydrogen) atoms. The molecule has 7 heteroatoms. The van der Waals surface area contributed by atoms with Crippen molar-refractivity contribution in [3.8, 4) is 5.75 Å².